The minimum Gasteiger partial charge on any atom is -0.490 e. The number of sulfone groups is 1. The second kappa shape index (κ2) is 13.3. The topological polar surface area (TPSA) is 70.2 Å². The lowest BCUT2D eigenvalue weighted by atomic mass is 9.98. The molecule has 10 heteroatoms. The fraction of sp³-hybridized carbons (Fsp3) is 0.367. The van der Waals surface area contributed by atoms with Crippen LogP contribution in [0.1, 0.15) is 23.2 Å². The summed E-state index contributed by atoms with van der Waals surface area (Å²) in [4.78, 5) is 19.9. The molecule has 0 unspecified atom stereocenters. The summed E-state index contributed by atoms with van der Waals surface area (Å²) in [7, 11) is 0.612. The van der Waals surface area contributed by atoms with Crippen molar-refractivity contribution >= 4 is 44.6 Å². The molecule has 0 saturated carbocycles. The molecule has 0 aliphatic carbocycles. The quantitative estimate of drug-likeness (QED) is 0.275. The Kier molecular flexibility index (Phi) is 10.0. The van der Waals surface area contributed by atoms with Gasteiger partial charge in [0.2, 0.25) is 0 Å². The molecule has 40 heavy (non-hydrogen) atoms. The molecule has 1 aliphatic heterocycles. The summed E-state index contributed by atoms with van der Waals surface area (Å²) >= 11 is 13.1. The molecular weight excluding hydrogens is 569 g/mol. The molecule has 4 rings (SSSR count). The second-order valence-corrected chi connectivity index (χ2v) is 13.1. The van der Waals surface area contributed by atoms with Gasteiger partial charge in [0.05, 0.1) is 21.5 Å². The molecular formula is C30H35Cl2N3O4S. The molecule has 214 valence electrons. The van der Waals surface area contributed by atoms with Gasteiger partial charge in [0, 0.05) is 43.7 Å². The van der Waals surface area contributed by atoms with Crippen molar-refractivity contribution in [2.24, 2.45) is 0 Å². The van der Waals surface area contributed by atoms with E-state index in [2.05, 4.69) is 9.80 Å². The lowest BCUT2D eigenvalue weighted by molar-refractivity contribution is 0.0747. The number of halogens is 2. The van der Waals surface area contributed by atoms with E-state index >= 15 is 0 Å². The number of carbonyl (C=O) groups is 1. The first-order chi connectivity index (χ1) is 19.0. The number of nitrogens with zero attached hydrogens (tertiary/aromatic N) is 3. The first-order valence-corrected chi connectivity index (χ1v) is 15.9. The molecule has 1 amide bonds. The largest absolute Gasteiger partial charge is 0.490 e. The van der Waals surface area contributed by atoms with Crippen molar-refractivity contribution in [3.05, 3.63) is 76.3 Å². The van der Waals surface area contributed by atoms with E-state index < -0.39 is 9.84 Å². The van der Waals surface area contributed by atoms with E-state index in [9.17, 15) is 13.2 Å². The van der Waals surface area contributed by atoms with Gasteiger partial charge >= 0.3 is 0 Å². The standard InChI is InChI=1S/C30H35Cl2N3O4S/c1-33(2)13-7-8-18-39-29-27(31)19-23(20-28(29)32)34-14-16-35(17-15-34)30(36)26-21-24(40(3,37)38)11-12-25(26)22-9-5-4-6-10-22/h4-6,9-12,19-21H,7-8,13-18H2,1-3H3. The van der Waals surface area contributed by atoms with Crippen molar-refractivity contribution in [3.8, 4) is 16.9 Å². The summed E-state index contributed by atoms with van der Waals surface area (Å²) in [6.07, 6.45) is 3.08. The summed E-state index contributed by atoms with van der Waals surface area (Å²) in [5.41, 5.74) is 2.80. The van der Waals surface area contributed by atoms with Crippen LogP contribution in [0.2, 0.25) is 10.0 Å². The number of carbonyl (C=O) groups excluding carboxylic acids is 1. The first-order valence-electron chi connectivity index (χ1n) is 13.2. The van der Waals surface area contributed by atoms with Crippen LogP contribution in [0.25, 0.3) is 11.1 Å². The average molecular weight is 605 g/mol. The van der Waals surface area contributed by atoms with Gasteiger partial charge in [-0.25, -0.2) is 8.42 Å². The van der Waals surface area contributed by atoms with E-state index in [0.29, 0.717) is 59.7 Å². The zero-order valence-corrected chi connectivity index (χ0v) is 25.4. The molecule has 1 fully saturated rings. The van der Waals surface area contributed by atoms with Crippen LogP contribution < -0.4 is 9.64 Å². The Labute approximate surface area is 247 Å². The molecule has 7 nitrogen and oxygen atoms in total. The average Bonchev–Trinajstić information content (AvgIpc) is 2.93. The molecule has 3 aromatic rings. The predicted octanol–water partition coefficient (Wildman–Crippen LogP) is 5.75. The third-order valence-electron chi connectivity index (χ3n) is 6.90. The van der Waals surface area contributed by atoms with Crippen molar-refractivity contribution in [1.82, 2.24) is 9.80 Å². The summed E-state index contributed by atoms with van der Waals surface area (Å²) in [5, 5.41) is 0.914. The number of ether oxygens (including phenoxy) is 1. The highest BCUT2D eigenvalue weighted by Gasteiger charge is 2.26. The van der Waals surface area contributed by atoms with E-state index in [1.165, 1.54) is 6.07 Å². The maximum Gasteiger partial charge on any atom is 0.254 e. The fourth-order valence-electron chi connectivity index (χ4n) is 4.71. The lowest BCUT2D eigenvalue weighted by Crippen LogP contribution is -2.49. The number of hydrogen-bond acceptors (Lipinski definition) is 6. The summed E-state index contributed by atoms with van der Waals surface area (Å²) in [6.45, 7) is 3.63. The van der Waals surface area contributed by atoms with Gasteiger partial charge < -0.3 is 19.4 Å². The van der Waals surface area contributed by atoms with Crippen molar-refractivity contribution in [2.75, 3.05) is 64.6 Å². The van der Waals surface area contributed by atoms with Gasteiger partial charge in [-0.15, -0.1) is 0 Å². The summed E-state index contributed by atoms with van der Waals surface area (Å²) in [5.74, 6) is 0.294. The van der Waals surface area contributed by atoms with Crippen LogP contribution in [-0.4, -0.2) is 83.8 Å². The summed E-state index contributed by atoms with van der Waals surface area (Å²) in [6, 6.07) is 18.0. The SMILES string of the molecule is CN(C)CCCCOc1c(Cl)cc(N2CCN(C(=O)c3cc(S(C)(=O)=O)ccc3-c3ccccc3)CC2)cc1Cl. The van der Waals surface area contributed by atoms with Crippen LogP contribution in [0, 0.1) is 0 Å². The highest BCUT2D eigenvalue weighted by Crippen LogP contribution is 2.38. The zero-order chi connectivity index (χ0) is 28.9. The number of hydrogen-bond donors (Lipinski definition) is 0. The molecule has 0 atom stereocenters. The molecule has 1 saturated heterocycles. The van der Waals surface area contributed by atoms with Gasteiger partial charge in [-0.2, -0.15) is 0 Å². The van der Waals surface area contributed by atoms with E-state index in [1.807, 2.05) is 56.6 Å². The van der Waals surface area contributed by atoms with Crippen molar-refractivity contribution in [3.63, 3.8) is 0 Å². The monoisotopic (exact) mass is 603 g/mol. The third-order valence-corrected chi connectivity index (χ3v) is 8.57. The molecule has 0 N–H and O–H groups in total. The van der Waals surface area contributed by atoms with E-state index in [-0.39, 0.29) is 10.8 Å². The maximum atomic E-state index is 13.7. The van der Waals surface area contributed by atoms with Gasteiger partial charge in [0.25, 0.3) is 5.91 Å². The third kappa shape index (κ3) is 7.49. The van der Waals surface area contributed by atoms with Crippen LogP contribution in [0.5, 0.6) is 5.75 Å². The van der Waals surface area contributed by atoms with Crippen molar-refractivity contribution in [2.45, 2.75) is 17.7 Å². The molecule has 0 bridgehead atoms. The Morgan fingerprint density at radius 1 is 0.925 bits per heavy atom. The smallest absolute Gasteiger partial charge is 0.254 e. The van der Waals surface area contributed by atoms with Gasteiger partial charge in [0.1, 0.15) is 0 Å². The predicted molar refractivity (Wildman–Crippen MR) is 163 cm³/mol. The summed E-state index contributed by atoms with van der Waals surface area (Å²) < 4.78 is 30.4. The van der Waals surface area contributed by atoms with E-state index in [1.54, 1.807) is 17.0 Å². The second-order valence-electron chi connectivity index (χ2n) is 10.2. The molecule has 0 aromatic heterocycles. The van der Waals surface area contributed by atoms with Crippen LogP contribution in [0.3, 0.4) is 0 Å². The van der Waals surface area contributed by atoms with E-state index in [0.717, 1.165) is 36.9 Å². The minimum atomic E-state index is -3.47. The normalized spacial score (nSPS) is 14.1. The molecule has 3 aromatic carbocycles. The zero-order valence-electron chi connectivity index (χ0n) is 23.1. The number of benzene rings is 3. The lowest BCUT2D eigenvalue weighted by Gasteiger charge is -2.36. The Balaban J connectivity index is 1.46. The van der Waals surface area contributed by atoms with Crippen molar-refractivity contribution < 1.29 is 17.9 Å². The van der Waals surface area contributed by atoms with Gasteiger partial charge in [-0.05, 0) is 68.9 Å². The molecule has 0 radical (unpaired) electrons. The Bertz CT molecular complexity index is 1420. The molecule has 0 spiro atoms. The number of anilines is 1. The van der Waals surface area contributed by atoms with Crippen molar-refractivity contribution in [1.29, 1.82) is 0 Å². The number of piperazine rings is 1. The van der Waals surface area contributed by atoms with Crippen LogP contribution >= 0.6 is 23.2 Å². The van der Waals surface area contributed by atoms with Crippen LogP contribution in [-0.2, 0) is 9.84 Å². The Morgan fingerprint density at radius 3 is 2.17 bits per heavy atom. The number of rotatable bonds is 10. The van der Waals surface area contributed by atoms with Gasteiger partial charge in [0.15, 0.2) is 15.6 Å². The molecule has 1 heterocycles. The molecule has 1 aliphatic rings. The highest BCUT2D eigenvalue weighted by molar-refractivity contribution is 7.90. The number of amides is 1. The highest BCUT2D eigenvalue weighted by atomic mass is 35.5. The first kappa shape index (κ1) is 30.2. The number of unbranched alkanes of at least 4 members (excludes halogenated alkanes) is 1. The Morgan fingerprint density at radius 2 is 1.57 bits per heavy atom. The maximum absolute atomic E-state index is 13.7. The van der Waals surface area contributed by atoms with Gasteiger partial charge in [-0.1, -0.05) is 59.6 Å². The van der Waals surface area contributed by atoms with Crippen LogP contribution in [0.15, 0.2) is 65.6 Å². The fourth-order valence-corrected chi connectivity index (χ4v) is 5.94. The Hall–Kier alpha value is -2.78. The van der Waals surface area contributed by atoms with Gasteiger partial charge in [-0.3, -0.25) is 4.79 Å². The minimum absolute atomic E-state index is 0.124. The van der Waals surface area contributed by atoms with E-state index in [4.69, 9.17) is 27.9 Å². The van der Waals surface area contributed by atoms with Crippen LogP contribution in [0.4, 0.5) is 5.69 Å².